The van der Waals surface area contributed by atoms with Crippen LogP contribution in [0.4, 0.5) is 16.2 Å². The predicted octanol–water partition coefficient (Wildman–Crippen LogP) is 8.22. The van der Waals surface area contributed by atoms with Crippen LogP contribution in [0.15, 0.2) is 102 Å². The van der Waals surface area contributed by atoms with Crippen molar-refractivity contribution in [2.45, 2.75) is 77.5 Å². The van der Waals surface area contributed by atoms with Gasteiger partial charge in [-0.1, -0.05) is 123 Å². The Morgan fingerprint density at radius 2 is 1.70 bits per heavy atom. The second kappa shape index (κ2) is 20.7. The number of hydrogen-bond acceptors (Lipinski definition) is 8. The van der Waals surface area contributed by atoms with Gasteiger partial charge in [-0.2, -0.15) is 0 Å². The summed E-state index contributed by atoms with van der Waals surface area (Å²) in [6, 6.07) is 30.3. The van der Waals surface area contributed by atoms with E-state index in [0.29, 0.717) is 41.7 Å². The van der Waals surface area contributed by atoms with Gasteiger partial charge in [-0.3, -0.25) is 14.9 Å². The maximum Gasteiger partial charge on any atom is 0.414 e. The van der Waals surface area contributed by atoms with Crippen LogP contribution in [-0.2, 0) is 33.9 Å². The molecule has 0 radical (unpaired) electrons. The molecule has 4 aromatic rings. The molecule has 2 atom stereocenters. The highest BCUT2D eigenvalue weighted by atomic mass is 35.5. The molecular weight excluding hydrogens is 740 g/mol. The third-order valence-corrected chi connectivity index (χ3v) is 10.8. The second-order valence-corrected chi connectivity index (χ2v) is 15.0. The molecule has 57 heavy (non-hydrogen) atoms. The van der Waals surface area contributed by atoms with Gasteiger partial charge in [0, 0.05) is 25.2 Å². The van der Waals surface area contributed by atoms with Crippen molar-refractivity contribution in [2.75, 3.05) is 31.1 Å². The van der Waals surface area contributed by atoms with Gasteiger partial charge in [0.1, 0.15) is 18.9 Å². The standard InChI is InChI=1S/C45H53ClN6O5/c1-2-3-4-5-6-14-26-52(40-20-13-12-19-38(40)46)41(53)30-51-29-34-21-22-35(28-39(34)49-44(51)50-45(55)57-31-32-15-8-7-9-16-32)56-27-24-37(43(47)54)42-36-18-11-10-17-33(36)23-25-48-42/h7-13,15-22,28,37,42,48H,2-6,14,23-27,29-31H2,1H3,(H2,47,54)(H,49,50,55). The van der Waals surface area contributed by atoms with Crippen LogP contribution in [0.5, 0.6) is 5.75 Å². The van der Waals surface area contributed by atoms with Gasteiger partial charge in [0.25, 0.3) is 0 Å². The van der Waals surface area contributed by atoms with Crippen molar-refractivity contribution in [1.29, 1.82) is 0 Å². The quantitative estimate of drug-likeness (QED) is 0.0864. The van der Waals surface area contributed by atoms with Crippen molar-refractivity contribution >= 4 is 46.8 Å². The highest BCUT2D eigenvalue weighted by Crippen LogP contribution is 2.33. The highest BCUT2D eigenvalue weighted by Gasteiger charge is 2.32. The topological polar surface area (TPSA) is 139 Å². The molecule has 2 aliphatic rings. The number of anilines is 1. The largest absolute Gasteiger partial charge is 0.493 e. The van der Waals surface area contributed by atoms with E-state index in [4.69, 9.17) is 31.8 Å². The van der Waals surface area contributed by atoms with Crippen molar-refractivity contribution in [3.05, 3.63) is 124 Å². The number of nitrogens with one attached hydrogen (secondary N) is 2. The summed E-state index contributed by atoms with van der Waals surface area (Å²) < 4.78 is 11.7. The fourth-order valence-electron chi connectivity index (χ4n) is 7.45. The number of aliphatic imine (C=N–C) groups is 1. The summed E-state index contributed by atoms with van der Waals surface area (Å²) in [6.07, 6.45) is 7.10. The van der Waals surface area contributed by atoms with Crippen LogP contribution in [0.1, 0.15) is 80.2 Å². The summed E-state index contributed by atoms with van der Waals surface area (Å²) in [6.45, 7) is 4.03. The SMILES string of the molecule is CCCCCCCCN(C(=O)CN1Cc2ccc(OCCC(C(N)=O)C3NCCc4ccccc43)cc2N=C1NC(=O)OCc1ccccc1)c1ccccc1Cl. The van der Waals surface area contributed by atoms with Crippen LogP contribution >= 0.6 is 11.6 Å². The van der Waals surface area contributed by atoms with E-state index in [1.54, 1.807) is 21.9 Å². The van der Waals surface area contributed by atoms with Gasteiger partial charge in [0.2, 0.25) is 17.8 Å². The fraction of sp³-hybridized carbons (Fsp3) is 0.378. The molecule has 2 unspecified atom stereocenters. The van der Waals surface area contributed by atoms with Gasteiger partial charge in [-0.05, 0) is 66.3 Å². The van der Waals surface area contributed by atoms with Gasteiger partial charge < -0.3 is 30.3 Å². The molecule has 0 spiro atoms. The molecule has 4 aromatic carbocycles. The number of halogens is 1. The minimum atomic E-state index is -0.698. The summed E-state index contributed by atoms with van der Waals surface area (Å²) in [5.41, 5.74) is 11.1. The molecule has 300 valence electrons. The van der Waals surface area contributed by atoms with Crippen LogP contribution in [-0.4, -0.2) is 55.0 Å². The Kier molecular flexibility index (Phi) is 15.0. The summed E-state index contributed by atoms with van der Waals surface area (Å²) in [5, 5.41) is 6.78. The van der Waals surface area contributed by atoms with Crippen molar-refractivity contribution in [3.8, 4) is 5.75 Å². The van der Waals surface area contributed by atoms with Crippen LogP contribution in [0.2, 0.25) is 5.02 Å². The van der Waals surface area contributed by atoms with Gasteiger partial charge in [-0.15, -0.1) is 0 Å². The number of unbranched alkanes of at least 4 members (excludes halogenated alkanes) is 5. The van der Waals surface area contributed by atoms with E-state index in [1.807, 2.05) is 78.9 Å². The normalized spacial score (nSPS) is 15.1. The Bertz CT molecular complexity index is 2010. The maximum atomic E-state index is 14.2. The average molecular weight is 793 g/mol. The van der Waals surface area contributed by atoms with Crippen LogP contribution < -0.4 is 26.0 Å². The van der Waals surface area contributed by atoms with Gasteiger partial charge >= 0.3 is 6.09 Å². The molecule has 2 heterocycles. The molecule has 11 nitrogen and oxygen atoms in total. The van der Waals surface area contributed by atoms with E-state index in [1.165, 1.54) is 24.8 Å². The molecule has 0 aliphatic carbocycles. The van der Waals surface area contributed by atoms with E-state index in [0.717, 1.165) is 48.9 Å². The highest BCUT2D eigenvalue weighted by molar-refractivity contribution is 6.33. The molecule has 0 bridgehead atoms. The molecule has 0 saturated heterocycles. The first-order valence-corrected chi connectivity index (χ1v) is 20.4. The average Bonchev–Trinajstić information content (AvgIpc) is 3.22. The number of ether oxygens (including phenoxy) is 2. The Morgan fingerprint density at radius 1 is 0.947 bits per heavy atom. The molecule has 2 aliphatic heterocycles. The summed E-state index contributed by atoms with van der Waals surface area (Å²) in [4.78, 5) is 48.4. The van der Waals surface area contributed by atoms with Gasteiger partial charge in [0.05, 0.1) is 28.9 Å². The Labute approximate surface area is 340 Å². The third-order valence-electron chi connectivity index (χ3n) is 10.5. The number of rotatable bonds is 18. The van der Waals surface area contributed by atoms with E-state index >= 15 is 0 Å². The first kappa shape index (κ1) is 41.2. The number of hydrogen-bond donors (Lipinski definition) is 3. The molecule has 0 fully saturated rings. The van der Waals surface area contributed by atoms with E-state index in [2.05, 4.69) is 23.6 Å². The number of nitrogens with two attached hydrogens (primary N) is 1. The first-order chi connectivity index (χ1) is 27.8. The second-order valence-electron chi connectivity index (χ2n) is 14.6. The molecule has 3 amide bonds. The number of fused-ring (bicyclic) bond motifs is 2. The summed E-state index contributed by atoms with van der Waals surface area (Å²) in [7, 11) is 0. The van der Waals surface area contributed by atoms with Crippen LogP contribution in [0.3, 0.4) is 0 Å². The number of alkyl carbamates (subject to hydrolysis) is 1. The third kappa shape index (κ3) is 11.4. The number of carbonyl (C=O) groups is 3. The van der Waals surface area contributed by atoms with Gasteiger partial charge in [0.15, 0.2) is 0 Å². The monoisotopic (exact) mass is 792 g/mol. The first-order valence-electron chi connectivity index (χ1n) is 20.0. The lowest BCUT2D eigenvalue weighted by Crippen LogP contribution is -2.50. The molecule has 0 aromatic heterocycles. The van der Waals surface area contributed by atoms with Crippen molar-refractivity contribution in [3.63, 3.8) is 0 Å². The zero-order chi connectivity index (χ0) is 40.0. The number of amides is 3. The Balaban J connectivity index is 1.17. The molecule has 0 saturated carbocycles. The number of guanidine groups is 1. The molecule has 4 N–H and O–H groups in total. The zero-order valence-corrected chi connectivity index (χ0v) is 33.4. The fourth-order valence-corrected chi connectivity index (χ4v) is 7.69. The number of primary amides is 1. The lowest BCUT2D eigenvalue weighted by atomic mass is 9.84. The number of para-hydroxylation sites is 1. The smallest absolute Gasteiger partial charge is 0.414 e. The molecule has 12 heteroatoms. The lowest BCUT2D eigenvalue weighted by Gasteiger charge is -2.32. The van der Waals surface area contributed by atoms with Crippen molar-refractivity contribution in [1.82, 2.24) is 15.5 Å². The minimum Gasteiger partial charge on any atom is -0.493 e. The van der Waals surface area contributed by atoms with E-state index < -0.39 is 12.0 Å². The summed E-state index contributed by atoms with van der Waals surface area (Å²) >= 11 is 6.64. The van der Waals surface area contributed by atoms with Crippen LogP contribution in [0, 0.1) is 5.92 Å². The number of nitrogens with zero attached hydrogens (tertiary/aromatic N) is 3. The van der Waals surface area contributed by atoms with E-state index in [9.17, 15) is 14.4 Å². The Hall–Kier alpha value is -5.39. The predicted molar refractivity (Wildman–Crippen MR) is 225 cm³/mol. The Morgan fingerprint density at radius 3 is 2.51 bits per heavy atom. The van der Waals surface area contributed by atoms with E-state index in [-0.39, 0.29) is 43.6 Å². The molecular formula is C45H53ClN6O5. The van der Waals surface area contributed by atoms with Crippen molar-refractivity contribution < 1.29 is 23.9 Å². The zero-order valence-electron chi connectivity index (χ0n) is 32.6. The minimum absolute atomic E-state index is 0.0661. The van der Waals surface area contributed by atoms with Gasteiger partial charge in [-0.25, -0.2) is 9.79 Å². The lowest BCUT2D eigenvalue weighted by molar-refractivity contribution is -0.123. The summed E-state index contributed by atoms with van der Waals surface area (Å²) in [5.74, 6) is -0.284. The maximum absolute atomic E-state index is 14.2. The number of benzene rings is 4. The van der Waals surface area contributed by atoms with Crippen LogP contribution in [0.25, 0.3) is 0 Å². The number of carbonyl (C=O) groups excluding carboxylic acids is 3. The van der Waals surface area contributed by atoms with Crippen molar-refractivity contribution in [2.24, 2.45) is 16.6 Å². The molecule has 6 rings (SSSR count).